The van der Waals surface area contributed by atoms with E-state index in [2.05, 4.69) is 18.0 Å². The van der Waals surface area contributed by atoms with Gasteiger partial charge in [0.25, 0.3) is 0 Å². The van der Waals surface area contributed by atoms with Crippen LogP contribution in [-0.4, -0.2) is 61.9 Å². The molecule has 1 unspecified atom stereocenters. The van der Waals surface area contributed by atoms with Crippen LogP contribution < -0.4 is 15.2 Å². The second-order valence-corrected chi connectivity index (χ2v) is 7.82. The highest BCUT2D eigenvalue weighted by molar-refractivity contribution is 5.67. The van der Waals surface area contributed by atoms with Crippen LogP contribution in [-0.2, 0) is 27.2 Å². The topological polar surface area (TPSA) is 81.0 Å². The van der Waals surface area contributed by atoms with Crippen LogP contribution in [0.25, 0.3) is 11.3 Å². The van der Waals surface area contributed by atoms with E-state index in [0.29, 0.717) is 45.5 Å². The minimum Gasteiger partial charge on any atom is -0.491 e. The van der Waals surface area contributed by atoms with Gasteiger partial charge in [-0.3, -0.25) is 4.57 Å². The number of fused-ring (bicyclic) bond motifs is 3. The van der Waals surface area contributed by atoms with Gasteiger partial charge in [-0.05, 0) is 36.6 Å². The van der Waals surface area contributed by atoms with E-state index in [1.807, 2.05) is 18.2 Å². The summed E-state index contributed by atoms with van der Waals surface area (Å²) < 4.78 is 29.9. The molecule has 0 radical (unpaired) electrons. The van der Waals surface area contributed by atoms with Gasteiger partial charge in [-0.15, -0.1) is 0 Å². The number of methoxy groups -OCH3 is 1. The summed E-state index contributed by atoms with van der Waals surface area (Å²) in [4.78, 5) is 16.6. The molecule has 3 heterocycles. The monoisotopic (exact) mass is 430 g/mol. The number of rotatable bonds is 9. The molecule has 8 heteroatoms. The molecule has 2 aliphatic heterocycles. The number of nitrogens with zero attached hydrogens (tertiary/aromatic N) is 2. The van der Waals surface area contributed by atoms with E-state index in [1.54, 1.807) is 11.7 Å². The lowest BCUT2D eigenvalue weighted by molar-refractivity contribution is -0.102. The molecular weight excluding hydrogens is 400 g/mol. The maximum atomic E-state index is 12.6. The van der Waals surface area contributed by atoms with Crippen LogP contribution in [0.2, 0.25) is 0 Å². The van der Waals surface area contributed by atoms with Crippen molar-refractivity contribution in [2.24, 2.45) is 0 Å². The maximum absolute atomic E-state index is 12.6. The molecule has 0 aliphatic carbocycles. The minimum absolute atomic E-state index is 0.0876. The van der Waals surface area contributed by atoms with Gasteiger partial charge >= 0.3 is 5.69 Å². The first-order valence-electron chi connectivity index (χ1n) is 10.9. The van der Waals surface area contributed by atoms with Crippen molar-refractivity contribution in [3.63, 3.8) is 0 Å². The highest BCUT2D eigenvalue weighted by Crippen LogP contribution is 2.32. The standard InChI is InChI=1S/C23H30N2O6/c1-3-4-18(27-2)14-30-17-5-6-20-16(11-17)7-8-25-21(20)12-22(24-23(25)26)31-15-19-13-28-9-10-29-19/h5-6,11-12,18-19H,3-4,7-10,13-15H2,1-2H3/t18?,19-/m0/s1. The van der Waals surface area contributed by atoms with Gasteiger partial charge in [-0.1, -0.05) is 13.3 Å². The summed E-state index contributed by atoms with van der Waals surface area (Å²) in [6.45, 7) is 5.17. The Morgan fingerprint density at radius 3 is 2.94 bits per heavy atom. The van der Waals surface area contributed by atoms with Gasteiger partial charge in [0.15, 0.2) is 0 Å². The van der Waals surface area contributed by atoms with Crippen molar-refractivity contribution in [2.45, 2.75) is 44.9 Å². The van der Waals surface area contributed by atoms with Crippen LogP contribution in [0.5, 0.6) is 11.6 Å². The molecule has 31 heavy (non-hydrogen) atoms. The van der Waals surface area contributed by atoms with Crippen LogP contribution in [0.4, 0.5) is 0 Å². The Morgan fingerprint density at radius 2 is 2.16 bits per heavy atom. The van der Waals surface area contributed by atoms with Gasteiger partial charge in [0.05, 0.1) is 31.6 Å². The van der Waals surface area contributed by atoms with Crippen molar-refractivity contribution in [1.82, 2.24) is 9.55 Å². The van der Waals surface area contributed by atoms with E-state index in [4.69, 9.17) is 23.7 Å². The molecule has 8 nitrogen and oxygen atoms in total. The Bertz CT molecular complexity index is 938. The Morgan fingerprint density at radius 1 is 1.26 bits per heavy atom. The minimum atomic E-state index is -0.304. The second-order valence-electron chi connectivity index (χ2n) is 7.82. The van der Waals surface area contributed by atoms with Gasteiger partial charge in [-0.2, -0.15) is 4.98 Å². The van der Waals surface area contributed by atoms with Crippen molar-refractivity contribution in [3.05, 3.63) is 40.3 Å². The van der Waals surface area contributed by atoms with Crippen molar-refractivity contribution in [2.75, 3.05) is 40.1 Å². The molecule has 0 bridgehead atoms. The van der Waals surface area contributed by atoms with E-state index < -0.39 is 0 Å². The summed E-state index contributed by atoms with van der Waals surface area (Å²) in [6, 6.07) is 7.81. The lowest BCUT2D eigenvalue weighted by atomic mass is 9.97. The third kappa shape index (κ3) is 5.26. The first-order valence-corrected chi connectivity index (χ1v) is 10.9. The second kappa shape index (κ2) is 10.3. The van der Waals surface area contributed by atoms with Crippen LogP contribution in [0.1, 0.15) is 25.3 Å². The molecule has 2 aromatic rings. The molecule has 2 aliphatic rings. The van der Waals surface area contributed by atoms with E-state index in [9.17, 15) is 4.79 Å². The zero-order valence-corrected chi connectivity index (χ0v) is 18.2. The summed E-state index contributed by atoms with van der Waals surface area (Å²) in [5, 5.41) is 0. The fourth-order valence-corrected chi connectivity index (χ4v) is 3.94. The van der Waals surface area contributed by atoms with Gasteiger partial charge in [-0.25, -0.2) is 4.79 Å². The molecule has 1 aromatic heterocycles. The van der Waals surface area contributed by atoms with Crippen molar-refractivity contribution >= 4 is 0 Å². The smallest absolute Gasteiger partial charge is 0.351 e. The summed E-state index contributed by atoms with van der Waals surface area (Å²) in [5.41, 5.74) is 2.64. The Balaban J connectivity index is 1.49. The lowest BCUT2D eigenvalue weighted by Crippen LogP contribution is -2.34. The van der Waals surface area contributed by atoms with Crippen molar-refractivity contribution in [1.29, 1.82) is 0 Å². The molecule has 0 N–H and O–H groups in total. The summed E-state index contributed by atoms with van der Waals surface area (Å²) in [5.74, 6) is 1.12. The number of hydrogen-bond donors (Lipinski definition) is 0. The predicted octanol–water partition coefficient (Wildman–Crippen LogP) is 2.45. The van der Waals surface area contributed by atoms with E-state index in [-0.39, 0.29) is 17.9 Å². The van der Waals surface area contributed by atoms with Gasteiger partial charge in [0, 0.05) is 25.3 Å². The average molecular weight is 431 g/mol. The zero-order chi connectivity index (χ0) is 21.6. The number of benzene rings is 1. The van der Waals surface area contributed by atoms with Crippen LogP contribution >= 0.6 is 0 Å². The third-order valence-corrected chi connectivity index (χ3v) is 5.63. The van der Waals surface area contributed by atoms with Crippen LogP contribution in [0.15, 0.2) is 29.1 Å². The molecule has 0 saturated carbocycles. The molecule has 0 spiro atoms. The maximum Gasteiger partial charge on any atom is 0.351 e. The van der Waals surface area contributed by atoms with Crippen LogP contribution in [0.3, 0.4) is 0 Å². The fourth-order valence-electron chi connectivity index (χ4n) is 3.94. The number of hydrogen-bond acceptors (Lipinski definition) is 7. The molecule has 1 fully saturated rings. The first-order chi connectivity index (χ1) is 15.2. The van der Waals surface area contributed by atoms with Gasteiger partial charge < -0.3 is 23.7 Å². The molecule has 1 aromatic carbocycles. The SMILES string of the molecule is CCCC(COc1ccc2c(c1)CCn1c-2cc(OC[C@@H]2COCCO2)nc1=O)OC. The number of aryl methyl sites for hydroxylation is 1. The van der Waals surface area contributed by atoms with E-state index >= 15 is 0 Å². The highest BCUT2D eigenvalue weighted by Gasteiger charge is 2.21. The molecule has 0 amide bonds. The zero-order valence-electron chi connectivity index (χ0n) is 18.2. The quantitative estimate of drug-likeness (QED) is 0.604. The van der Waals surface area contributed by atoms with Crippen molar-refractivity contribution in [3.8, 4) is 22.9 Å². The first kappa shape index (κ1) is 21.8. The van der Waals surface area contributed by atoms with Gasteiger partial charge in [0.1, 0.15) is 25.1 Å². The summed E-state index contributed by atoms with van der Waals surface area (Å²) in [7, 11) is 1.71. The average Bonchev–Trinajstić information content (AvgIpc) is 2.80. The van der Waals surface area contributed by atoms with Crippen molar-refractivity contribution < 1.29 is 23.7 Å². The molecular formula is C23H30N2O6. The predicted molar refractivity (Wildman–Crippen MR) is 115 cm³/mol. The number of ether oxygens (including phenoxy) is 5. The summed E-state index contributed by atoms with van der Waals surface area (Å²) >= 11 is 0. The Hall–Kier alpha value is -2.42. The molecule has 168 valence electrons. The summed E-state index contributed by atoms with van der Waals surface area (Å²) in [6.07, 6.45) is 2.70. The van der Waals surface area contributed by atoms with E-state index in [0.717, 1.165) is 41.8 Å². The fraction of sp³-hybridized carbons (Fsp3) is 0.565. The van der Waals surface area contributed by atoms with Gasteiger partial charge in [0.2, 0.25) is 5.88 Å². The number of aromatic nitrogens is 2. The van der Waals surface area contributed by atoms with E-state index in [1.165, 1.54) is 0 Å². The normalized spacial score (nSPS) is 18.7. The Kier molecular flexibility index (Phi) is 7.21. The molecule has 1 saturated heterocycles. The van der Waals surface area contributed by atoms with Crippen LogP contribution in [0, 0.1) is 0 Å². The highest BCUT2D eigenvalue weighted by atomic mass is 16.6. The lowest BCUT2D eigenvalue weighted by Gasteiger charge is -2.24. The largest absolute Gasteiger partial charge is 0.491 e. The molecule has 4 rings (SSSR count). The Labute approximate surface area is 182 Å². The molecule has 2 atom stereocenters. The third-order valence-electron chi connectivity index (χ3n) is 5.63.